The second-order valence-corrected chi connectivity index (χ2v) is 16.8. The van der Waals surface area contributed by atoms with Gasteiger partial charge in [0.1, 0.15) is 18.3 Å². The lowest BCUT2D eigenvalue weighted by Crippen LogP contribution is -2.46. The number of cyclic esters (lactones) is 3. The number of carbonyl (C=O) groups excluding carboxylic acids is 3. The Morgan fingerprint density at radius 3 is 0.682 bits per heavy atom. The van der Waals surface area contributed by atoms with Crippen LogP contribution in [0.4, 0.5) is 0 Å². The number of hydrogen-bond donors (Lipinski definition) is 0. The Kier molecular flexibility index (Phi) is 12.6. The fraction of sp³-hybridized carbons (Fsp3) is 0.211. The molecule has 9 nitrogen and oxygen atoms in total. The van der Waals surface area contributed by atoms with Crippen LogP contribution in [0.3, 0.4) is 0 Å². The molecule has 0 saturated carbocycles. The molecule has 0 unspecified atom stereocenters. The third-order valence-corrected chi connectivity index (χ3v) is 12.7. The van der Waals surface area contributed by atoms with E-state index in [1.165, 1.54) is 0 Å². The van der Waals surface area contributed by atoms with E-state index in [1.54, 1.807) is 0 Å². The molecule has 0 amide bonds. The van der Waals surface area contributed by atoms with Crippen molar-refractivity contribution in [3.63, 3.8) is 0 Å². The average molecular weight is 877 g/mol. The minimum atomic E-state index is -1.19. The smallest absolute Gasteiger partial charge is 0.336 e. The number of rotatable bonds is 6. The summed E-state index contributed by atoms with van der Waals surface area (Å²) >= 11 is 0. The van der Waals surface area contributed by atoms with Crippen LogP contribution < -0.4 is 0 Å². The number of esters is 3. The van der Waals surface area contributed by atoms with Crippen molar-refractivity contribution in [3.8, 4) is 0 Å². The minimum absolute atomic E-state index is 0.568. The van der Waals surface area contributed by atoms with E-state index in [2.05, 4.69) is 0 Å². The van der Waals surface area contributed by atoms with Gasteiger partial charge in [0.05, 0.1) is 0 Å². The summed E-state index contributed by atoms with van der Waals surface area (Å²) in [6.07, 6.45) is 1.95. The number of fused-ring (bicyclic) bond motifs is 6. The predicted octanol–water partition coefficient (Wildman–Crippen LogP) is 10.2. The van der Waals surface area contributed by atoms with Gasteiger partial charge in [0.2, 0.25) is 0 Å². The molecule has 6 bridgehead atoms. The highest BCUT2D eigenvalue weighted by molar-refractivity contribution is 5.79. The van der Waals surface area contributed by atoms with E-state index in [0.717, 1.165) is 16.7 Å². The predicted molar refractivity (Wildman–Crippen MR) is 247 cm³/mol. The Hall–Kier alpha value is -7.17. The van der Waals surface area contributed by atoms with Crippen LogP contribution in [0.1, 0.15) is 69.4 Å². The van der Waals surface area contributed by atoms with Crippen LogP contribution >= 0.6 is 0 Å². The van der Waals surface area contributed by atoms with Crippen LogP contribution in [0, 0.1) is 0 Å². The maximum atomic E-state index is 15.1. The molecule has 4 heterocycles. The van der Waals surface area contributed by atoms with Gasteiger partial charge in [-0.25, -0.2) is 14.4 Å². The van der Waals surface area contributed by atoms with Gasteiger partial charge in [-0.15, -0.1) is 0 Å². The molecule has 4 aliphatic rings. The van der Waals surface area contributed by atoms with E-state index >= 15 is 14.4 Å². The van der Waals surface area contributed by atoms with Crippen LogP contribution in [-0.4, -0.2) is 54.5 Å². The summed E-state index contributed by atoms with van der Waals surface area (Å²) in [5, 5.41) is 0. The summed E-state index contributed by atoms with van der Waals surface area (Å²) in [6, 6.07) is 56.7. The Labute approximate surface area is 383 Å². The first-order valence-electron chi connectivity index (χ1n) is 22.4. The zero-order valence-corrected chi connectivity index (χ0v) is 35.9. The van der Waals surface area contributed by atoms with Gasteiger partial charge in [-0.05, 0) is 33.4 Å². The number of benzene rings is 6. The molecule has 1 saturated heterocycles. The Morgan fingerprint density at radius 2 is 0.455 bits per heavy atom. The Morgan fingerprint density at radius 1 is 0.242 bits per heavy atom. The molecule has 12 atom stereocenters. The van der Waals surface area contributed by atoms with Crippen molar-refractivity contribution in [1.29, 1.82) is 0 Å². The maximum absolute atomic E-state index is 15.1. The summed E-state index contributed by atoms with van der Waals surface area (Å²) < 4.78 is 40.4. The molecule has 0 spiro atoms. The first kappa shape index (κ1) is 42.8. The molecular formula is C57H48O9. The molecule has 0 aliphatic carbocycles. The van der Waals surface area contributed by atoms with Crippen molar-refractivity contribution >= 4 is 17.9 Å². The third kappa shape index (κ3) is 9.06. The van der Waals surface area contributed by atoms with Crippen LogP contribution in [0.2, 0.25) is 0 Å². The van der Waals surface area contributed by atoms with Gasteiger partial charge in [0, 0.05) is 17.8 Å². The lowest BCUT2D eigenvalue weighted by molar-refractivity contribution is -0.197. The van der Waals surface area contributed by atoms with Gasteiger partial charge in [-0.1, -0.05) is 218 Å². The van der Waals surface area contributed by atoms with Crippen LogP contribution in [0.15, 0.2) is 218 Å². The van der Waals surface area contributed by atoms with Crippen molar-refractivity contribution in [2.45, 2.75) is 72.7 Å². The Balaban J connectivity index is 1.13. The molecule has 0 radical (unpaired) electrons. The minimum Gasteiger partial charge on any atom is -0.452 e. The van der Waals surface area contributed by atoms with Gasteiger partial charge in [0.25, 0.3) is 0 Å². The van der Waals surface area contributed by atoms with Gasteiger partial charge < -0.3 is 28.4 Å². The van der Waals surface area contributed by atoms with Gasteiger partial charge in [0.15, 0.2) is 36.6 Å². The molecule has 330 valence electrons. The second kappa shape index (κ2) is 19.5. The van der Waals surface area contributed by atoms with E-state index in [1.807, 2.05) is 218 Å². The quantitative estimate of drug-likeness (QED) is 0.0919. The van der Waals surface area contributed by atoms with Crippen molar-refractivity contribution in [2.75, 3.05) is 0 Å². The summed E-state index contributed by atoms with van der Waals surface area (Å²) in [5.74, 6) is -3.69. The van der Waals surface area contributed by atoms with Crippen LogP contribution in [-0.2, 0) is 42.8 Å². The van der Waals surface area contributed by atoms with E-state index in [4.69, 9.17) is 28.4 Å². The monoisotopic (exact) mass is 876 g/mol. The molecule has 66 heavy (non-hydrogen) atoms. The molecule has 4 aliphatic heterocycles. The second-order valence-electron chi connectivity index (χ2n) is 16.8. The molecule has 6 aromatic carbocycles. The number of ether oxygens (including phenoxy) is 6. The maximum Gasteiger partial charge on any atom is 0.336 e. The van der Waals surface area contributed by atoms with Crippen LogP contribution in [0.25, 0.3) is 0 Å². The third-order valence-electron chi connectivity index (χ3n) is 12.7. The highest BCUT2D eigenvalue weighted by Crippen LogP contribution is 2.42. The molecule has 1 fully saturated rings. The SMILES string of the molecule is O=C1O[C@@H](c2ccccc2)[C@@H]2C=C[C@@H](c3ccccc3)[C@@H](O2)C(=O)O[C@@H](c2ccccc2)[C@@H]2C=C[C@@H](c3ccccc3)[C@@H](O2)C(=O)O[C@@H](c2ccccc2)[C@@H]2C=C[C@@H](c3ccccc3)[C@H]1O2. The van der Waals surface area contributed by atoms with Gasteiger partial charge >= 0.3 is 17.9 Å². The van der Waals surface area contributed by atoms with Crippen molar-refractivity contribution in [1.82, 2.24) is 0 Å². The van der Waals surface area contributed by atoms with Crippen molar-refractivity contribution in [3.05, 3.63) is 252 Å². The van der Waals surface area contributed by atoms with Gasteiger partial charge in [-0.3, -0.25) is 0 Å². The van der Waals surface area contributed by atoms with Gasteiger partial charge in [-0.2, -0.15) is 0 Å². The first-order chi connectivity index (χ1) is 32.5. The van der Waals surface area contributed by atoms with E-state index in [-0.39, 0.29) is 0 Å². The zero-order chi connectivity index (χ0) is 44.8. The van der Waals surface area contributed by atoms with Crippen LogP contribution in [0.5, 0.6) is 0 Å². The first-order valence-corrected chi connectivity index (χ1v) is 22.4. The normalized spacial score (nSPS) is 29.9. The molecule has 6 aromatic rings. The molecule has 0 aromatic heterocycles. The lowest BCUT2D eigenvalue weighted by atomic mass is 9.87. The topological polar surface area (TPSA) is 107 Å². The molecule has 9 heteroatoms. The number of carbonyl (C=O) groups is 3. The average Bonchev–Trinajstić information content (AvgIpc) is 3.39. The molecule has 10 rings (SSSR count). The summed E-state index contributed by atoms with van der Waals surface area (Å²) in [5.41, 5.74) is 4.44. The number of hydrogen-bond acceptors (Lipinski definition) is 9. The highest BCUT2D eigenvalue weighted by Gasteiger charge is 2.47. The summed E-state index contributed by atoms with van der Waals surface area (Å²) in [6.45, 7) is 0. The van der Waals surface area contributed by atoms with Crippen molar-refractivity contribution < 1.29 is 42.8 Å². The fourth-order valence-corrected chi connectivity index (χ4v) is 9.37. The van der Waals surface area contributed by atoms with Crippen molar-refractivity contribution in [2.24, 2.45) is 0 Å². The Bertz CT molecular complexity index is 2380. The van der Waals surface area contributed by atoms with E-state index < -0.39 is 90.6 Å². The summed E-state index contributed by atoms with van der Waals surface area (Å²) in [4.78, 5) is 45.2. The zero-order valence-electron chi connectivity index (χ0n) is 35.9. The van der Waals surface area contributed by atoms with E-state index in [9.17, 15) is 0 Å². The standard InChI is InChI=1S/C57H48O9/c58-55-52-43(37-19-7-1-8-20-37)31-34-46(61-52)49(40-25-13-4-14-26-40)65-56(59)53-45(39-23-11-3-12-24-39)33-36-48(63-53)51(42-29-17-6-18-30-42)66-57(60)54-44(38-21-9-2-10-22-38)32-35-47(62-54)50(64-55)41-27-15-5-16-28-41/h1-36,43-54H/t43-,44-,45-,46-,47-,48-,49-,50-,51-,52+,53+,54+/m0/s1. The summed E-state index contributed by atoms with van der Waals surface area (Å²) in [7, 11) is 0. The fourth-order valence-electron chi connectivity index (χ4n) is 9.37. The molecule has 0 N–H and O–H groups in total. The highest BCUT2D eigenvalue weighted by atomic mass is 16.6. The largest absolute Gasteiger partial charge is 0.452 e. The molecular weight excluding hydrogens is 829 g/mol. The lowest BCUT2D eigenvalue weighted by Gasteiger charge is -2.40. The van der Waals surface area contributed by atoms with E-state index in [0.29, 0.717) is 16.7 Å².